The molecule has 1 unspecified atom stereocenters. The van der Waals surface area contributed by atoms with Gasteiger partial charge in [-0.1, -0.05) is 20.8 Å². The normalized spacial score (nSPS) is 13.3. The molecule has 0 radical (unpaired) electrons. The van der Waals surface area contributed by atoms with Crippen LogP contribution in [0.4, 0.5) is 22.0 Å². The number of anilines is 3. The van der Waals surface area contributed by atoms with Crippen LogP contribution in [0, 0.1) is 0 Å². The average molecular weight is 626 g/mol. The van der Waals surface area contributed by atoms with E-state index in [1.165, 1.54) is 0 Å². The van der Waals surface area contributed by atoms with Gasteiger partial charge in [0.1, 0.15) is 17.5 Å². The zero-order valence-electron chi connectivity index (χ0n) is 26.7. The highest BCUT2D eigenvalue weighted by Gasteiger charge is 2.38. The minimum Gasteiger partial charge on any atom is -0.444 e. The Kier molecular flexibility index (Phi) is 9.47. The highest BCUT2D eigenvalue weighted by atomic mass is 32.1. The summed E-state index contributed by atoms with van der Waals surface area (Å²) in [5.41, 5.74) is 4.44. The first-order valence-corrected chi connectivity index (χ1v) is 18.1. The SMILES string of the molecule is CC(C)Nc1cc(Nc2ccc3ncsc3c2)ncc1-c1nnc(C(CO[Si](C)(C)C(C)(C)C)NC(=O)OC(C)(C)C)o1. The minimum atomic E-state index is -2.14. The molecule has 4 aromatic rings. The Labute approximate surface area is 258 Å². The predicted molar refractivity (Wildman–Crippen MR) is 174 cm³/mol. The molecule has 0 spiro atoms. The van der Waals surface area contributed by atoms with Gasteiger partial charge >= 0.3 is 6.09 Å². The third-order valence-corrected chi connectivity index (χ3v) is 12.3. The summed E-state index contributed by atoms with van der Waals surface area (Å²) in [5.74, 6) is 1.14. The zero-order chi connectivity index (χ0) is 31.6. The quantitative estimate of drug-likeness (QED) is 0.149. The number of rotatable bonds is 10. The number of pyridine rings is 1. The maximum absolute atomic E-state index is 12.8. The van der Waals surface area contributed by atoms with Crippen molar-refractivity contribution >= 4 is 53.2 Å². The van der Waals surface area contributed by atoms with Gasteiger partial charge in [-0.25, -0.2) is 14.8 Å². The topological polar surface area (TPSA) is 136 Å². The predicted octanol–water partition coefficient (Wildman–Crippen LogP) is 7.89. The van der Waals surface area contributed by atoms with E-state index in [-0.39, 0.29) is 29.5 Å². The van der Waals surface area contributed by atoms with Crippen molar-refractivity contribution in [3.8, 4) is 11.5 Å². The summed E-state index contributed by atoms with van der Waals surface area (Å²) in [6.07, 6.45) is 1.10. The molecular weight excluding hydrogens is 583 g/mol. The molecule has 0 aliphatic rings. The van der Waals surface area contributed by atoms with Crippen molar-refractivity contribution in [2.75, 3.05) is 17.2 Å². The van der Waals surface area contributed by atoms with Crippen molar-refractivity contribution in [1.29, 1.82) is 0 Å². The molecule has 0 aliphatic carbocycles. The number of hydrogen-bond acceptors (Lipinski definition) is 11. The molecular formula is C30H43N7O4SSi. The summed E-state index contributed by atoms with van der Waals surface area (Å²) < 4.78 is 19.2. The van der Waals surface area contributed by atoms with Crippen LogP contribution in [0.3, 0.4) is 0 Å². The molecule has 0 bridgehead atoms. The molecule has 13 heteroatoms. The van der Waals surface area contributed by atoms with E-state index >= 15 is 0 Å². The molecule has 1 amide bonds. The largest absolute Gasteiger partial charge is 0.444 e. The highest BCUT2D eigenvalue weighted by molar-refractivity contribution is 7.16. The summed E-state index contributed by atoms with van der Waals surface area (Å²) in [4.78, 5) is 21.7. The second-order valence-corrected chi connectivity index (χ2v) is 19.0. The van der Waals surface area contributed by atoms with Gasteiger partial charge in [0, 0.05) is 24.0 Å². The maximum atomic E-state index is 12.8. The average Bonchev–Trinajstić information content (AvgIpc) is 3.54. The van der Waals surface area contributed by atoms with E-state index in [9.17, 15) is 4.79 Å². The lowest BCUT2D eigenvalue weighted by atomic mass is 10.2. The number of hydrogen-bond donors (Lipinski definition) is 3. The van der Waals surface area contributed by atoms with Gasteiger partial charge < -0.3 is 29.5 Å². The Morgan fingerprint density at radius 1 is 1.07 bits per heavy atom. The van der Waals surface area contributed by atoms with Crippen LogP contribution in [-0.4, -0.2) is 52.8 Å². The lowest BCUT2D eigenvalue weighted by Gasteiger charge is -2.37. The first-order chi connectivity index (χ1) is 20.0. The highest BCUT2D eigenvalue weighted by Crippen LogP contribution is 2.37. The van der Waals surface area contributed by atoms with Gasteiger partial charge in [-0.05, 0) is 71.0 Å². The van der Waals surface area contributed by atoms with Gasteiger partial charge in [-0.3, -0.25) is 0 Å². The van der Waals surface area contributed by atoms with Crippen molar-refractivity contribution in [2.45, 2.75) is 91.2 Å². The van der Waals surface area contributed by atoms with Gasteiger partial charge in [0.15, 0.2) is 8.32 Å². The molecule has 0 aliphatic heterocycles. The molecule has 11 nitrogen and oxygen atoms in total. The van der Waals surface area contributed by atoms with Gasteiger partial charge in [0.25, 0.3) is 5.89 Å². The smallest absolute Gasteiger partial charge is 0.408 e. The van der Waals surface area contributed by atoms with E-state index in [1.54, 1.807) is 17.5 Å². The first-order valence-electron chi connectivity index (χ1n) is 14.3. The number of amides is 1. The monoisotopic (exact) mass is 625 g/mol. The van der Waals surface area contributed by atoms with E-state index in [2.05, 4.69) is 70.0 Å². The fraction of sp³-hybridized carbons (Fsp3) is 0.500. The van der Waals surface area contributed by atoms with Gasteiger partial charge in [-0.15, -0.1) is 21.5 Å². The van der Waals surface area contributed by atoms with Gasteiger partial charge in [-0.2, -0.15) is 0 Å². The van der Waals surface area contributed by atoms with Crippen LogP contribution in [-0.2, 0) is 9.16 Å². The number of thiazole rings is 1. The third-order valence-electron chi connectivity index (χ3n) is 7.03. The molecule has 232 valence electrons. The number of ether oxygens (including phenoxy) is 1. The number of benzene rings is 1. The van der Waals surface area contributed by atoms with Crippen LogP contribution in [0.1, 0.15) is 67.3 Å². The molecule has 3 heterocycles. The maximum Gasteiger partial charge on any atom is 0.408 e. The van der Waals surface area contributed by atoms with Crippen LogP contribution < -0.4 is 16.0 Å². The molecule has 0 saturated heterocycles. The molecule has 43 heavy (non-hydrogen) atoms. The van der Waals surface area contributed by atoms with E-state index in [4.69, 9.17) is 13.6 Å². The van der Waals surface area contributed by atoms with Gasteiger partial charge in [0.2, 0.25) is 5.89 Å². The van der Waals surface area contributed by atoms with Crippen LogP contribution >= 0.6 is 11.3 Å². The Bertz CT molecular complexity index is 1560. The van der Waals surface area contributed by atoms with E-state index in [0.29, 0.717) is 11.4 Å². The lowest BCUT2D eigenvalue weighted by molar-refractivity contribution is 0.0473. The lowest BCUT2D eigenvalue weighted by Crippen LogP contribution is -2.44. The molecule has 0 fully saturated rings. The second kappa shape index (κ2) is 12.6. The number of carbonyl (C=O) groups excluding carboxylic acids is 1. The number of aromatic nitrogens is 4. The zero-order valence-corrected chi connectivity index (χ0v) is 28.5. The first kappa shape index (κ1) is 32.4. The summed E-state index contributed by atoms with van der Waals surface area (Å²) in [5, 5.41) is 18.3. The third kappa shape index (κ3) is 8.51. The van der Waals surface area contributed by atoms with Crippen molar-refractivity contribution in [2.24, 2.45) is 0 Å². The number of nitrogens with one attached hydrogen (secondary N) is 3. The molecule has 3 N–H and O–H groups in total. The fourth-order valence-corrected chi connectivity index (χ4v) is 5.55. The summed E-state index contributed by atoms with van der Waals surface area (Å²) in [7, 11) is -2.14. The number of nitrogens with zero attached hydrogens (tertiary/aromatic N) is 4. The van der Waals surface area contributed by atoms with E-state index < -0.39 is 26.1 Å². The Morgan fingerprint density at radius 3 is 2.49 bits per heavy atom. The van der Waals surface area contributed by atoms with E-state index in [0.717, 1.165) is 21.6 Å². The van der Waals surface area contributed by atoms with Crippen molar-refractivity contribution < 1.29 is 18.4 Å². The standard InChI is InChI=1S/C30H43N7O4SSi/c1-18(2)33-22-14-25(34-19-11-12-21-24(13-19)42-17-32-21)31-15-20(22)26-36-37-27(40-26)23(35-28(38)41-29(3,4)5)16-39-43(9,10)30(6,7)8/h11-15,17-18,23H,16H2,1-10H3,(H,35,38)(H2,31,33,34). The molecule has 1 atom stereocenters. The fourth-order valence-electron chi connectivity index (χ4n) is 3.82. The molecule has 0 saturated carbocycles. The van der Waals surface area contributed by atoms with Gasteiger partial charge in [0.05, 0.1) is 33.6 Å². The van der Waals surface area contributed by atoms with E-state index in [1.807, 2.05) is 64.4 Å². The van der Waals surface area contributed by atoms with Crippen molar-refractivity contribution in [1.82, 2.24) is 25.5 Å². The van der Waals surface area contributed by atoms with Crippen LogP contribution in [0.5, 0.6) is 0 Å². The Hall–Kier alpha value is -3.55. The minimum absolute atomic E-state index is 0.0191. The van der Waals surface area contributed by atoms with Crippen LogP contribution in [0.2, 0.25) is 18.1 Å². The van der Waals surface area contributed by atoms with Crippen LogP contribution in [0.15, 0.2) is 40.4 Å². The number of carbonyl (C=O) groups is 1. The number of alkyl carbamates (subject to hydrolysis) is 1. The summed E-state index contributed by atoms with van der Waals surface area (Å²) >= 11 is 1.59. The van der Waals surface area contributed by atoms with Crippen molar-refractivity contribution in [3.05, 3.63) is 41.9 Å². The molecule has 4 rings (SSSR count). The summed E-state index contributed by atoms with van der Waals surface area (Å²) in [6.45, 7) is 20.5. The summed E-state index contributed by atoms with van der Waals surface area (Å²) in [6, 6.07) is 7.33. The number of fused-ring (bicyclic) bond motifs is 1. The van der Waals surface area contributed by atoms with Crippen LogP contribution in [0.25, 0.3) is 21.7 Å². The Balaban J connectivity index is 1.61. The molecule has 3 aromatic heterocycles. The molecule has 1 aromatic carbocycles. The Morgan fingerprint density at radius 2 is 1.81 bits per heavy atom. The second-order valence-electron chi connectivity index (χ2n) is 13.3. The van der Waals surface area contributed by atoms with Crippen molar-refractivity contribution in [3.63, 3.8) is 0 Å².